The number of methoxy groups -OCH3 is 1. The first-order valence-electron chi connectivity index (χ1n) is 11.2. The number of thiazole rings is 1. The van der Waals surface area contributed by atoms with Gasteiger partial charge in [-0.15, -0.1) is 21.5 Å². The molecule has 1 atom stereocenters. The summed E-state index contributed by atoms with van der Waals surface area (Å²) in [6, 6.07) is 17.5. The van der Waals surface area contributed by atoms with Crippen molar-refractivity contribution >= 4 is 38.9 Å². The van der Waals surface area contributed by atoms with Crippen LogP contribution in [0.2, 0.25) is 0 Å². The van der Waals surface area contributed by atoms with Gasteiger partial charge in [-0.25, -0.2) is 4.98 Å². The molecule has 35 heavy (non-hydrogen) atoms. The molecule has 0 bridgehead atoms. The Kier molecular flexibility index (Phi) is 6.99. The van der Waals surface area contributed by atoms with E-state index in [4.69, 9.17) is 9.47 Å². The van der Waals surface area contributed by atoms with Gasteiger partial charge in [0.2, 0.25) is 0 Å². The lowest BCUT2D eigenvalue weighted by Gasteiger charge is -2.15. The number of thioether (sulfide) groups is 1. The number of hydrogen-bond donors (Lipinski definition) is 1. The van der Waals surface area contributed by atoms with Crippen molar-refractivity contribution < 1.29 is 14.6 Å². The lowest BCUT2D eigenvalue weighted by molar-refractivity contribution is 0.0953. The fourth-order valence-corrected chi connectivity index (χ4v) is 5.73. The molecule has 1 aliphatic heterocycles. The molecule has 2 aromatic heterocycles. The summed E-state index contributed by atoms with van der Waals surface area (Å²) in [5.41, 5.74) is 1.90. The zero-order chi connectivity index (χ0) is 24.2. The number of aromatic nitrogens is 4. The van der Waals surface area contributed by atoms with Gasteiger partial charge in [0.05, 0.1) is 35.7 Å². The summed E-state index contributed by atoms with van der Waals surface area (Å²) in [6.07, 6.45) is 2.10. The van der Waals surface area contributed by atoms with E-state index in [1.165, 1.54) is 23.1 Å². The van der Waals surface area contributed by atoms with E-state index in [1.807, 2.05) is 53.1 Å². The summed E-state index contributed by atoms with van der Waals surface area (Å²) in [5.74, 6) is 1.63. The van der Waals surface area contributed by atoms with Gasteiger partial charge in [0, 0.05) is 12.2 Å². The number of nitriles is 1. The van der Waals surface area contributed by atoms with Crippen molar-refractivity contribution in [2.75, 3.05) is 19.5 Å². The molecule has 1 N–H and O–H groups in total. The van der Waals surface area contributed by atoms with E-state index in [-0.39, 0.29) is 23.2 Å². The Labute approximate surface area is 210 Å². The fourth-order valence-electron chi connectivity index (χ4n) is 3.93. The van der Waals surface area contributed by atoms with Crippen LogP contribution in [0.25, 0.3) is 27.2 Å². The summed E-state index contributed by atoms with van der Waals surface area (Å²) in [7, 11) is 1.63. The average Bonchev–Trinajstić information content (AvgIpc) is 3.64. The molecular weight excluding hydrogens is 482 g/mol. The number of benzene rings is 2. The molecule has 5 rings (SSSR count). The topological polar surface area (TPSA) is 106 Å². The van der Waals surface area contributed by atoms with Crippen molar-refractivity contribution in [2.24, 2.45) is 0 Å². The van der Waals surface area contributed by atoms with Crippen LogP contribution in [0.3, 0.4) is 0 Å². The number of aliphatic hydroxyl groups is 1. The molecule has 10 heteroatoms. The molecule has 178 valence electrons. The number of fused-ring (bicyclic) bond motifs is 1. The first-order valence-corrected chi connectivity index (χ1v) is 13.0. The Morgan fingerprint density at radius 1 is 1.26 bits per heavy atom. The highest BCUT2D eigenvalue weighted by Gasteiger charge is 2.23. The Bertz CT molecular complexity index is 1370. The number of allylic oxidation sites excluding steroid dienone is 1. The van der Waals surface area contributed by atoms with Crippen LogP contribution in [0.15, 0.2) is 59.4 Å². The highest BCUT2D eigenvalue weighted by atomic mass is 32.2. The van der Waals surface area contributed by atoms with E-state index < -0.39 is 0 Å². The number of hydrogen-bond acceptors (Lipinski definition) is 9. The standard InChI is InChI=1S/C25H23N5O3S2/c1-32-17-10-8-16(9-11-17)23-28-29-25(30(23)14-18-5-4-12-33-18)34-15-21(31)19(13-26)24-27-20-6-2-3-7-22(20)35-24/h2-3,6-11,18,31H,4-5,12,14-15H2,1H3/b21-19-/t18-/m0/s1. The van der Waals surface area contributed by atoms with Crippen molar-refractivity contribution in [2.45, 2.75) is 30.6 Å². The third-order valence-electron chi connectivity index (χ3n) is 5.72. The minimum atomic E-state index is -0.0331. The van der Waals surface area contributed by atoms with Crippen LogP contribution in [-0.2, 0) is 11.3 Å². The monoisotopic (exact) mass is 505 g/mol. The maximum absolute atomic E-state index is 10.8. The largest absolute Gasteiger partial charge is 0.510 e. The normalized spacial score (nSPS) is 16.3. The maximum Gasteiger partial charge on any atom is 0.192 e. The third kappa shape index (κ3) is 5.03. The second kappa shape index (κ2) is 10.5. The first kappa shape index (κ1) is 23.4. The Hall–Kier alpha value is -3.39. The second-order valence-electron chi connectivity index (χ2n) is 7.99. The predicted molar refractivity (Wildman–Crippen MR) is 136 cm³/mol. The lowest BCUT2D eigenvalue weighted by atomic mass is 10.2. The van der Waals surface area contributed by atoms with E-state index >= 15 is 0 Å². The van der Waals surface area contributed by atoms with Gasteiger partial charge in [-0.3, -0.25) is 4.57 Å². The third-order valence-corrected chi connectivity index (χ3v) is 7.75. The molecule has 3 heterocycles. The van der Waals surface area contributed by atoms with Gasteiger partial charge < -0.3 is 14.6 Å². The molecule has 1 saturated heterocycles. The van der Waals surface area contributed by atoms with Crippen LogP contribution >= 0.6 is 23.1 Å². The summed E-state index contributed by atoms with van der Waals surface area (Å²) in [6.45, 7) is 1.37. The molecule has 0 saturated carbocycles. The SMILES string of the molecule is COc1ccc(-c2nnc(SC/C(O)=C(\C#N)c3nc4ccccc4s3)n2C[C@@H]2CCCO2)cc1. The van der Waals surface area contributed by atoms with Crippen molar-refractivity contribution in [3.63, 3.8) is 0 Å². The number of nitrogens with zero attached hydrogens (tertiary/aromatic N) is 5. The molecule has 1 aliphatic rings. The van der Waals surface area contributed by atoms with Crippen LogP contribution in [-0.4, -0.2) is 50.4 Å². The Morgan fingerprint density at radius 3 is 2.80 bits per heavy atom. The van der Waals surface area contributed by atoms with Gasteiger partial charge in [-0.05, 0) is 49.2 Å². The van der Waals surface area contributed by atoms with E-state index in [9.17, 15) is 10.4 Å². The molecule has 0 radical (unpaired) electrons. The minimum absolute atomic E-state index is 0.0331. The zero-order valence-electron chi connectivity index (χ0n) is 19.0. The highest BCUT2D eigenvalue weighted by molar-refractivity contribution is 7.99. The van der Waals surface area contributed by atoms with Crippen LogP contribution in [0.1, 0.15) is 17.8 Å². The molecule has 2 aromatic carbocycles. The number of ether oxygens (including phenoxy) is 2. The summed E-state index contributed by atoms with van der Waals surface area (Å²) in [5, 5.41) is 30.6. The summed E-state index contributed by atoms with van der Waals surface area (Å²) >= 11 is 2.72. The molecule has 1 fully saturated rings. The fraction of sp³-hybridized carbons (Fsp3) is 0.280. The summed E-state index contributed by atoms with van der Waals surface area (Å²) in [4.78, 5) is 4.51. The van der Waals surface area contributed by atoms with Crippen LogP contribution < -0.4 is 4.74 Å². The molecule has 8 nitrogen and oxygen atoms in total. The molecule has 0 amide bonds. The molecule has 0 spiro atoms. The van der Waals surface area contributed by atoms with Crippen LogP contribution in [0, 0.1) is 11.3 Å². The molecule has 4 aromatic rings. The second-order valence-corrected chi connectivity index (χ2v) is 9.96. The van der Waals surface area contributed by atoms with Crippen molar-refractivity contribution in [1.82, 2.24) is 19.7 Å². The Morgan fingerprint density at radius 2 is 2.09 bits per heavy atom. The number of aliphatic hydroxyl groups excluding tert-OH is 1. The zero-order valence-corrected chi connectivity index (χ0v) is 20.7. The van der Waals surface area contributed by atoms with E-state index in [0.717, 1.165) is 46.8 Å². The predicted octanol–water partition coefficient (Wildman–Crippen LogP) is 5.33. The summed E-state index contributed by atoms with van der Waals surface area (Å²) < 4.78 is 14.1. The number of rotatable bonds is 8. The van der Waals surface area contributed by atoms with Crippen molar-refractivity contribution in [1.29, 1.82) is 5.26 Å². The van der Waals surface area contributed by atoms with Crippen LogP contribution in [0.4, 0.5) is 0 Å². The maximum atomic E-state index is 10.8. The smallest absolute Gasteiger partial charge is 0.192 e. The Balaban J connectivity index is 1.42. The number of para-hydroxylation sites is 1. The van der Waals surface area contributed by atoms with Crippen molar-refractivity contribution in [3.05, 3.63) is 59.3 Å². The van der Waals surface area contributed by atoms with E-state index in [1.54, 1.807) is 7.11 Å². The van der Waals surface area contributed by atoms with Gasteiger partial charge in [-0.1, -0.05) is 23.9 Å². The minimum Gasteiger partial charge on any atom is -0.510 e. The lowest BCUT2D eigenvalue weighted by Crippen LogP contribution is -2.16. The van der Waals surface area contributed by atoms with Gasteiger partial charge in [0.15, 0.2) is 11.0 Å². The molecular formula is C25H23N5O3S2. The quantitative estimate of drug-likeness (QED) is 0.195. The van der Waals surface area contributed by atoms with Crippen LogP contribution in [0.5, 0.6) is 5.75 Å². The van der Waals surface area contributed by atoms with E-state index in [0.29, 0.717) is 16.7 Å². The molecule has 0 aliphatic carbocycles. The van der Waals surface area contributed by atoms with E-state index in [2.05, 4.69) is 21.3 Å². The highest BCUT2D eigenvalue weighted by Crippen LogP contribution is 2.31. The van der Waals surface area contributed by atoms with Gasteiger partial charge >= 0.3 is 0 Å². The first-order chi connectivity index (χ1) is 17.2. The molecule has 0 unspecified atom stereocenters. The van der Waals surface area contributed by atoms with Gasteiger partial charge in [0.1, 0.15) is 28.2 Å². The van der Waals surface area contributed by atoms with Crippen molar-refractivity contribution in [3.8, 4) is 23.2 Å². The van der Waals surface area contributed by atoms with Gasteiger partial charge in [0.25, 0.3) is 0 Å². The average molecular weight is 506 g/mol. The van der Waals surface area contributed by atoms with Gasteiger partial charge in [-0.2, -0.15) is 5.26 Å².